The van der Waals surface area contributed by atoms with Crippen molar-refractivity contribution in [3.8, 4) is 0 Å². The molecule has 0 aliphatic heterocycles. The molecule has 0 aliphatic carbocycles. The largest absolute Gasteiger partial charge is 0.472 e. The Bertz CT molecular complexity index is 876. The molecular formula is C48H97O9P. The summed E-state index contributed by atoms with van der Waals surface area (Å²) in [6, 6.07) is 0. The highest BCUT2D eigenvalue weighted by Gasteiger charge is 2.26. The van der Waals surface area contributed by atoms with Gasteiger partial charge in [0.15, 0.2) is 0 Å². The quantitative estimate of drug-likeness (QED) is 0.0311. The van der Waals surface area contributed by atoms with E-state index in [1.165, 1.54) is 205 Å². The van der Waals surface area contributed by atoms with Gasteiger partial charge in [0.05, 0.1) is 26.4 Å². The van der Waals surface area contributed by atoms with E-state index in [4.69, 9.17) is 23.6 Å². The molecule has 0 fully saturated rings. The maximum atomic E-state index is 12.7. The van der Waals surface area contributed by atoms with Crippen LogP contribution in [0.25, 0.3) is 0 Å². The van der Waals surface area contributed by atoms with Crippen molar-refractivity contribution in [1.29, 1.82) is 0 Å². The van der Waals surface area contributed by atoms with Gasteiger partial charge in [-0.15, -0.1) is 0 Å². The smallest absolute Gasteiger partial charge is 0.457 e. The molecule has 3 atom stereocenters. The summed E-state index contributed by atoms with van der Waals surface area (Å²) < 4.78 is 33.5. The van der Waals surface area contributed by atoms with E-state index in [9.17, 15) is 19.4 Å². The van der Waals surface area contributed by atoms with Gasteiger partial charge in [0, 0.05) is 13.0 Å². The molecule has 0 aromatic rings. The van der Waals surface area contributed by atoms with Crippen LogP contribution in [0.15, 0.2) is 0 Å². The van der Waals surface area contributed by atoms with E-state index in [2.05, 4.69) is 13.8 Å². The molecule has 58 heavy (non-hydrogen) atoms. The number of rotatable bonds is 49. The van der Waals surface area contributed by atoms with E-state index >= 15 is 0 Å². The molecule has 9 nitrogen and oxygen atoms in total. The van der Waals surface area contributed by atoms with Crippen molar-refractivity contribution in [2.45, 2.75) is 270 Å². The van der Waals surface area contributed by atoms with E-state index in [0.717, 1.165) is 32.1 Å². The summed E-state index contributed by atoms with van der Waals surface area (Å²) in [5, 5.41) is 18.4. The van der Waals surface area contributed by atoms with Gasteiger partial charge in [0.1, 0.15) is 12.2 Å². The Hall–Kier alpha value is -0.540. The maximum Gasteiger partial charge on any atom is 0.472 e. The number of hydrogen-bond acceptors (Lipinski definition) is 8. The lowest BCUT2D eigenvalue weighted by molar-refractivity contribution is -0.154. The van der Waals surface area contributed by atoms with Crippen molar-refractivity contribution < 1.29 is 43.0 Å². The van der Waals surface area contributed by atoms with Gasteiger partial charge in [0.2, 0.25) is 0 Å². The van der Waals surface area contributed by atoms with Crippen LogP contribution in [-0.2, 0) is 27.9 Å². The third-order valence-electron chi connectivity index (χ3n) is 11.3. The number of aliphatic hydroxyl groups is 2. The fraction of sp³-hybridized carbons (Fsp3) is 0.979. The van der Waals surface area contributed by atoms with Crippen molar-refractivity contribution in [1.82, 2.24) is 0 Å². The van der Waals surface area contributed by atoms with Gasteiger partial charge < -0.3 is 24.6 Å². The highest BCUT2D eigenvalue weighted by atomic mass is 31.2. The van der Waals surface area contributed by atoms with E-state index in [-0.39, 0.29) is 25.6 Å². The zero-order valence-corrected chi connectivity index (χ0v) is 39.2. The Kier molecular flexibility index (Phi) is 45.5. The number of hydrogen-bond donors (Lipinski definition) is 3. The molecule has 3 N–H and O–H groups in total. The first-order chi connectivity index (χ1) is 28.3. The first-order valence-electron chi connectivity index (χ1n) is 25.0. The molecule has 0 saturated heterocycles. The number of ether oxygens (including phenoxy) is 2. The number of phosphoric ester groups is 1. The van der Waals surface area contributed by atoms with Crippen LogP contribution in [-0.4, -0.2) is 66.3 Å². The summed E-state index contributed by atoms with van der Waals surface area (Å²) in [7, 11) is -4.51. The van der Waals surface area contributed by atoms with Crippen LogP contribution < -0.4 is 0 Å². The van der Waals surface area contributed by atoms with Crippen LogP contribution in [0, 0.1) is 0 Å². The SMILES string of the molecule is CCCCCCCCCCCCCCCCCCCCCC(=O)O[C@H](COCCCCCCCCCCCCCCCCCCCC)COP(=O)(O)OC[C@@H](O)CO. The first-order valence-corrected chi connectivity index (χ1v) is 26.5. The fourth-order valence-corrected chi connectivity index (χ4v) is 8.27. The van der Waals surface area contributed by atoms with Crippen LogP contribution >= 0.6 is 7.82 Å². The predicted octanol–water partition coefficient (Wildman–Crippen LogP) is 14.3. The van der Waals surface area contributed by atoms with Crippen molar-refractivity contribution in [3.63, 3.8) is 0 Å². The molecule has 0 aliphatic rings. The van der Waals surface area contributed by atoms with E-state index in [1.54, 1.807) is 0 Å². The third kappa shape index (κ3) is 45.0. The Morgan fingerprint density at radius 2 is 0.776 bits per heavy atom. The normalized spacial score (nSPS) is 13.8. The van der Waals surface area contributed by atoms with Gasteiger partial charge in [-0.1, -0.05) is 239 Å². The second-order valence-corrected chi connectivity index (χ2v) is 18.7. The summed E-state index contributed by atoms with van der Waals surface area (Å²) in [5.74, 6) is -0.373. The standard InChI is InChI=1S/C48H97O9P/c1-3-5-7-9-11-13-15-17-19-21-23-24-26-28-30-32-34-36-38-40-48(51)57-47(45-56-58(52,53)55-43-46(50)42-49)44-54-41-39-37-35-33-31-29-27-25-22-20-18-16-14-12-10-8-6-4-2/h46-47,49-50H,3-45H2,1-2H3,(H,52,53)/t46-,47+/m0/s1. The number of phosphoric acid groups is 1. The van der Waals surface area contributed by atoms with Crippen LogP contribution in [0.2, 0.25) is 0 Å². The van der Waals surface area contributed by atoms with Crippen LogP contribution in [0.5, 0.6) is 0 Å². The summed E-state index contributed by atoms with van der Waals surface area (Å²) in [6.45, 7) is 3.60. The van der Waals surface area contributed by atoms with E-state index in [0.29, 0.717) is 6.61 Å². The molecule has 0 radical (unpaired) electrons. The average molecular weight is 849 g/mol. The highest BCUT2D eigenvalue weighted by Crippen LogP contribution is 2.43. The fourth-order valence-electron chi connectivity index (χ4n) is 7.48. The molecule has 10 heteroatoms. The van der Waals surface area contributed by atoms with E-state index < -0.39 is 33.2 Å². The van der Waals surface area contributed by atoms with Crippen molar-refractivity contribution in [3.05, 3.63) is 0 Å². The number of unbranched alkanes of at least 4 members (excludes halogenated alkanes) is 35. The molecule has 0 heterocycles. The van der Waals surface area contributed by atoms with Gasteiger partial charge in [-0.3, -0.25) is 13.8 Å². The maximum absolute atomic E-state index is 12.7. The minimum atomic E-state index is -4.51. The lowest BCUT2D eigenvalue weighted by Crippen LogP contribution is -2.29. The van der Waals surface area contributed by atoms with Gasteiger partial charge >= 0.3 is 13.8 Å². The van der Waals surface area contributed by atoms with Crippen LogP contribution in [0.3, 0.4) is 0 Å². The summed E-state index contributed by atoms with van der Waals surface area (Å²) >= 11 is 0. The molecule has 0 saturated carbocycles. The second kappa shape index (κ2) is 46.0. The first kappa shape index (κ1) is 57.5. The lowest BCUT2D eigenvalue weighted by Gasteiger charge is -2.20. The zero-order valence-electron chi connectivity index (χ0n) is 38.3. The number of carbonyl (C=O) groups is 1. The molecule has 1 unspecified atom stereocenters. The zero-order chi connectivity index (χ0) is 42.5. The van der Waals surface area contributed by atoms with Gasteiger partial charge in [-0.2, -0.15) is 0 Å². The topological polar surface area (TPSA) is 132 Å². The van der Waals surface area contributed by atoms with Gasteiger partial charge in [0.25, 0.3) is 0 Å². The third-order valence-corrected chi connectivity index (χ3v) is 12.2. The molecule has 0 rings (SSSR count). The van der Waals surface area contributed by atoms with Crippen LogP contribution in [0.1, 0.15) is 258 Å². The number of aliphatic hydroxyl groups excluding tert-OH is 2. The highest BCUT2D eigenvalue weighted by molar-refractivity contribution is 7.47. The van der Waals surface area contributed by atoms with Gasteiger partial charge in [-0.25, -0.2) is 4.57 Å². The summed E-state index contributed by atoms with van der Waals surface area (Å²) in [5.41, 5.74) is 0. The molecule has 0 bridgehead atoms. The molecule has 0 aromatic heterocycles. The molecular weight excluding hydrogens is 751 g/mol. The Labute approximate surface area is 358 Å². The summed E-state index contributed by atoms with van der Waals surface area (Å²) in [6.07, 6.45) is 46.4. The Morgan fingerprint density at radius 3 is 1.12 bits per heavy atom. The predicted molar refractivity (Wildman–Crippen MR) is 242 cm³/mol. The molecule has 0 amide bonds. The van der Waals surface area contributed by atoms with E-state index in [1.807, 2.05) is 0 Å². The average Bonchev–Trinajstić information content (AvgIpc) is 3.21. The second-order valence-electron chi connectivity index (χ2n) is 17.2. The Morgan fingerprint density at radius 1 is 0.466 bits per heavy atom. The number of carbonyl (C=O) groups excluding carboxylic acids is 1. The number of esters is 1. The molecule has 0 spiro atoms. The minimum Gasteiger partial charge on any atom is -0.457 e. The van der Waals surface area contributed by atoms with Gasteiger partial charge in [-0.05, 0) is 12.8 Å². The Balaban J connectivity index is 4.03. The summed E-state index contributed by atoms with van der Waals surface area (Å²) in [4.78, 5) is 22.7. The molecule has 348 valence electrons. The van der Waals surface area contributed by atoms with Crippen molar-refractivity contribution >= 4 is 13.8 Å². The van der Waals surface area contributed by atoms with Crippen molar-refractivity contribution in [2.24, 2.45) is 0 Å². The molecule has 0 aromatic carbocycles. The van der Waals surface area contributed by atoms with Crippen molar-refractivity contribution in [2.75, 3.05) is 33.0 Å². The van der Waals surface area contributed by atoms with Crippen LogP contribution in [0.4, 0.5) is 0 Å². The minimum absolute atomic E-state index is 0.0587. The lowest BCUT2D eigenvalue weighted by atomic mass is 10.0. The monoisotopic (exact) mass is 849 g/mol.